The zero-order valence-electron chi connectivity index (χ0n) is 12.2. The summed E-state index contributed by atoms with van der Waals surface area (Å²) in [5.74, 6) is 0.426. The number of hydrogen-bond donors (Lipinski definition) is 2. The number of methoxy groups -OCH3 is 1. The summed E-state index contributed by atoms with van der Waals surface area (Å²) in [7, 11) is 1.31. The van der Waals surface area contributed by atoms with Crippen molar-refractivity contribution in [1.82, 2.24) is 5.32 Å². The maximum absolute atomic E-state index is 12.1. The van der Waals surface area contributed by atoms with Crippen molar-refractivity contribution in [1.29, 1.82) is 0 Å². The van der Waals surface area contributed by atoms with E-state index >= 15 is 0 Å². The van der Waals surface area contributed by atoms with Gasteiger partial charge in [-0.15, -0.1) is 0 Å². The number of ether oxygens (including phenoxy) is 2. The Balaban J connectivity index is 1.87. The number of carbonyl (C=O) groups excluding carboxylic acids is 2. The lowest BCUT2D eigenvalue weighted by atomic mass is 10.0. The molecule has 0 spiro atoms. The van der Waals surface area contributed by atoms with Crippen molar-refractivity contribution < 1.29 is 19.1 Å². The van der Waals surface area contributed by atoms with E-state index in [1.54, 1.807) is 24.3 Å². The van der Waals surface area contributed by atoms with Gasteiger partial charge in [-0.3, -0.25) is 4.79 Å². The first-order valence-electron chi connectivity index (χ1n) is 6.94. The third-order valence-electron chi connectivity index (χ3n) is 3.52. The third kappa shape index (κ3) is 4.19. The number of nitrogens with one attached hydrogen (secondary N) is 2. The molecule has 2 atom stereocenters. The van der Waals surface area contributed by atoms with Crippen LogP contribution in [0.15, 0.2) is 24.3 Å². The van der Waals surface area contributed by atoms with Crippen molar-refractivity contribution >= 4 is 17.6 Å². The lowest BCUT2D eigenvalue weighted by Crippen LogP contribution is -2.39. The molecule has 1 saturated heterocycles. The minimum absolute atomic E-state index is 0.0248. The van der Waals surface area contributed by atoms with Crippen LogP contribution in [-0.2, 0) is 14.3 Å². The average molecular weight is 292 g/mol. The Kier molecular flexibility index (Phi) is 5.16. The Labute approximate surface area is 123 Å². The topological polar surface area (TPSA) is 76.7 Å². The molecular weight excluding hydrogens is 272 g/mol. The molecule has 0 aliphatic carbocycles. The number of hydrogen-bond acceptors (Lipinski definition) is 5. The number of rotatable bonds is 5. The van der Waals surface area contributed by atoms with Crippen LogP contribution in [0, 0.1) is 5.92 Å². The van der Waals surface area contributed by atoms with Crippen LogP contribution in [-0.4, -0.2) is 38.2 Å². The van der Waals surface area contributed by atoms with Gasteiger partial charge in [0, 0.05) is 5.69 Å². The van der Waals surface area contributed by atoms with Crippen LogP contribution in [0.1, 0.15) is 13.3 Å². The van der Waals surface area contributed by atoms with Gasteiger partial charge >= 0.3 is 5.97 Å². The minimum atomic E-state index is -0.436. The fourth-order valence-electron chi connectivity index (χ4n) is 2.24. The summed E-state index contributed by atoms with van der Waals surface area (Å²) in [6, 6.07) is 6.74. The maximum Gasteiger partial charge on any atom is 0.343 e. The predicted octanol–water partition coefficient (Wildman–Crippen LogP) is 1.17. The second-order valence-electron chi connectivity index (χ2n) is 5.08. The van der Waals surface area contributed by atoms with Gasteiger partial charge < -0.3 is 20.1 Å². The minimum Gasteiger partial charge on any atom is -0.482 e. The van der Waals surface area contributed by atoms with Crippen LogP contribution in [0.4, 0.5) is 5.69 Å². The summed E-state index contributed by atoms with van der Waals surface area (Å²) < 4.78 is 9.72. The smallest absolute Gasteiger partial charge is 0.343 e. The number of benzene rings is 1. The Morgan fingerprint density at radius 1 is 1.33 bits per heavy atom. The van der Waals surface area contributed by atoms with Crippen LogP contribution >= 0.6 is 0 Å². The first-order chi connectivity index (χ1) is 10.1. The Bertz CT molecular complexity index is 501. The van der Waals surface area contributed by atoms with Gasteiger partial charge in [-0.25, -0.2) is 4.79 Å². The number of amides is 1. The molecule has 2 unspecified atom stereocenters. The monoisotopic (exact) mass is 292 g/mol. The molecule has 114 valence electrons. The van der Waals surface area contributed by atoms with Gasteiger partial charge in [0.1, 0.15) is 5.75 Å². The van der Waals surface area contributed by atoms with Gasteiger partial charge in [0.05, 0.1) is 13.2 Å². The molecule has 0 saturated carbocycles. The summed E-state index contributed by atoms with van der Waals surface area (Å²) in [4.78, 5) is 23.1. The quantitative estimate of drug-likeness (QED) is 0.797. The molecule has 1 aromatic rings. The van der Waals surface area contributed by atoms with E-state index in [-0.39, 0.29) is 18.6 Å². The summed E-state index contributed by atoms with van der Waals surface area (Å²) in [6.07, 6.45) is 1.01. The van der Waals surface area contributed by atoms with Crippen molar-refractivity contribution in [2.75, 3.05) is 25.6 Å². The van der Waals surface area contributed by atoms with Crippen LogP contribution in [0.5, 0.6) is 5.75 Å². The molecule has 1 amide bonds. The van der Waals surface area contributed by atoms with Gasteiger partial charge in [0.25, 0.3) is 0 Å². The molecule has 0 aromatic heterocycles. The summed E-state index contributed by atoms with van der Waals surface area (Å²) in [6.45, 7) is 2.80. The van der Waals surface area contributed by atoms with Crippen LogP contribution in [0.25, 0.3) is 0 Å². The lowest BCUT2D eigenvalue weighted by Gasteiger charge is -2.15. The number of esters is 1. The molecule has 21 heavy (non-hydrogen) atoms. The highest BCUT2D eigenvalue weighted by Crippen LogP contribution is 2.19. The van der Waals surface area contributed by atoms with E-state index in [1.165, 1.54) is 7.11 Å². The van der Waals surface area contributed by atoms with Gasteiger partial charge in [-0.2, -0.15) is 0 Å². The van der Waals surface area contributed by atoms with Crippen molar-refractivity contribution in [3.8, 4) is 5.75 Å². The normalized spacial score (nSPS) is 20.9. The molecule has 1 fully saturated rings. The molecule has 1 aromatic carbocycles. The molecule has 2 rings (SSSR count). The fourth-order valence-corrected chi connectivity index (χ4v) is 2.24. The standard InChI is InChI=1S/C15H20N2O4/c1-10-7-8-16-14(10)15(19)17-11-3-5-12(6-4-11)21-9-13(18)20-2/h3-6,10,14,16H,7-9H2,1-2H3,(H,17,19). The van der Waals surface area contributed by atoms with E-state index in [0.29, 0.717) is 17.4 Å². The van der Waals surface area contributed by atoms with E-state index in [2.05, 4.69) is 22.3 Å². The highest BCUT2D eigenvalue weighted by Gasteiger charge is 2.29. The van der Waals surface area contributed by atoms with Gasteiger partial charge in [-0.05, 0) is 43.1 Å². The van der Waals surface area contributed by atoms with Crippen molar-refractivity contribution in [3.05, 3.63) is 24.3 Å². The Hall–Kier alpha value is -2.08. The Morgan fingerprint density at radius 2 is 2.05 bits per heavy atom. The largest absolute Gasteiger partial charge is 0.482 e. The lowest BCUT2D eigenvalue weighted by molar-refractivity contribution is -0.142. The molecule has 2 N–H and O–H groups in total. The molecular formula is C15H20N2O4. The van der Waals surface area contributed by atoms with Crippen molar-refractivity contribution in [3.63, 3.8) is 0 Å². The highest BCUT2D eigenvalue weighted by atomic mass is 16.6. The maximum atomic E-state index is 12.1. The molecule has 6 nitrogen and oxygen atoms in total. The van der Waals surface area contributed by atoms with E-state index in [0.717, 1.165) is 13.0 Å². The summed E-state index contributed by atoms with van der Waals surface area (Å²) >= 11 is 0. The predicted molar refractivity (Wildman–Crippen MR) is 78.2 cm³/mol. The first kappa shape index (κ1) is 15.3. The molecule has 0 radical (unpaired) electrons. The zero-order chi connectivity index (χ0) is 15.2. The molecule has 1 aliphatic heterocycles. The first-order valence-corrected chi connectivity index (χ1v) is 6.94. The molecule has 1 heterocycles. The fraction of sp³-hybridized carbons (Fsp3) is 0.467. The Morgan fingerprint density at radius 3 is 2.62 bits per heavy atom. The summed E-state index contributed by atoms with van der Waals surface area (Å²) in [5.41, 5.74) is 0.700. The van der Waals surface area contributed by atoms with Crippen LogP contribution in [0.2, 0.25) is 0 Å². The highest BCUT2D eigenvalue weighted by molar-refractivity contribution is 5.95. The van der Waals surface area contributed by atoms with Gasteiger partial charge in [0.2, 0.25) is 5.91 Å². The van der Waals surface area contributed by atoms with E-state index < -0.39 is 5.97 Å². The van der Waals surface area contributed by atoms with Gasteiger partial charge in [0.15, 0.2) is 6.61 Å². The molecule has 0 bridgehead atoms. The van der Waals surface area contributed by atoms with Crippen molar-refractivity contribution in [2.45, 2.75) is 19.4 Å². The van der Waals surface area contributed by atoms with E-state index in [1.807, 2.05) is 0 Å². The van der Waals surface area contributed by atoms with Crippen molar-refractivity contribution in [2.24, 2.45) is 5.92 Å². The van der Waals surface area contributed by atoms with E-state index in [4.69, 9.17) is 4.74 Å². The molecule has 6 heteroatoms. The second-order valence-corrected chi connectivity index (χ2v) is 5.08. The van der Waals surface area contributed by atoms with Gasteiger partial charge in [-0.1, -0.05) is 6.92 Å². The number of carbonyl (C=O) groups is 2. The van der Waals surface area contributed by atoms with E-state index in [9.17, 15) is 9.59 Å². The SMILES string of the molecule is COC(=O)COc1ccc(NC(=O)C2NCCC2C)cc1. The second kappa shape index (κ2) is 7.08. The number of anilines is 1. The summed E-state index contributed by atoms with van der Waals surface area (Å²) in [5, 5.41) is 6.06. The molecule has 1 aliphatic rings. The average Bonchev–Trinajstić information content (AvgIpc) is 2.92. The van der Waals surface area contributed by atoms with Crippen LogP contribution in [0.3, 0.4) is 0 Å². The zero-order valence-corrected chi connectivity index (χ0v) is 12.2. The third-order valence-corrected chi connectivity index (χ3v) is 3.52. The van der Waals surface area contributed by atoms with Crippen LogP contribution < -0.4 is 15.4 Å².